The molecule has 10 heteroatoms. The second-order valence-electron chi connectivity index (χ2n) is 7.78. The zero-order valence-corrected chi connectivity index (χ0v) is 20.5. The van der Waals surface area contributed by atoms with Gasteiger partial charge in [0.25, 0.3) is 0 Å². The van der Waals surface area contributed by atoms with Crippen LogP contribution in [0.3, 0.4) is 0 Å². The molecule has 2 aliphatic heterocycles. The molecule has 2 aromatic rings. The lowest BCUT2D eigenvalue weighted by Crippen LogP contribution is -2.53. The molecule has 0 spiro atoms. The lowest BCUT2D eigenvalue weighted by molar-refractivity contribution is 0.187. The minimum Gasteiger partial charge on any atom is -0.381 e. The van der Waals surface area contributed by atoms with E-state index < -0.39 is 0 Å². The summed E-state index contributed by atoms with van der Waals surface area (Å²) in [5.41, 5.74) is 0. The van der Waals surface area contributed by atoms with E-state index >= 15 is 0 Å². The summed E-state index contributed by atoms with van der Waals surface area (Å²) >= 11 is 0. The van der Waals surface area contributed by atoms with Gasteiger partial charge in [0, 0.05) is 71.0 Å². The first-order chi connectivity index (χ1) is 14.8. The zero-order chi connectivity index (χ0) is 20.6. The maximum Gasteiger partial charge on any atom is 0.194 e. The van der Waals surface area contributed by atoms with Crippen LogP contribution in [0, 0.1) is 5.92 Å². The molecule has 4 rings (SSSR count). The van der Waals surface area contributed by atoms with E-state index in [1.54, 1.807) is 6.33 Å². The molecule has 31 heavy (non-hydrogen) atoms. The van der Waals surface area contributed by atoms with Gasteiger partial charge in [0.15, 0.2) is 5.96 Å². The van der Waals surface area contributed by atoms with Crippen LogP contribution in [0.2, 0.25) is 0 Å². The number of aliphatic imine (C=N–C) groups is 1. The van der Waals surface area contributed by atoms with E-state index in [1.807, 2.05) is 18.3 Å². The lowest BCUT2D eigenvalue weighted by atomic mass is 10.1. The van der Waals surface area contributed by atoms with Crippen molar-refractivity contribution in [1.82, 2.24) is 30.0 Å². The van der Waals surface area contributed by atoms with Crippen molar-refractivity contribution in [2.24, 2.45) is 10.9 Å². The number of pyridine rings is 1. The van der Waals surface area contributed by atoms with Crippen molar-refractivity contribution in [3.63, 3.8) is 0 Å². The molecule has 9 nitrogen and oxygen atoms in total. The van der Waals surface area contributed by atoms with E-state index in [9.17, 15) is 0 Å². The summed E-state index contributed by atoms with van der Waals surface area (Å²) in [6, 6.07) is 6.08. The summed E-state index contributed by atoms with van der Waals surface area (Å²) in [5.74, 6) is 3.59. The summed E-state index contributed by atoms with van der Waals surface area (Å²) in [7, 11) is 0. The highest BCUT2D eigenvalue weighted by Crippen LogP contribution is 2.14. The molecule has 2 saturated heterocycles. The molecule has 2 aliphatic rings. The Hall–Kier alpha value is -1.95. The zero-order valence-electron chi connectivity index (χ0n) is 18.2. The first-order valence-corrected chi connectivity index (χ1v) is 11.0. The number of aryl methyl sites for hydroxylation is 1. The monoisotopic (exact) mass is 540 g/mol. The van der Waals surface area contributed by atoms with Crippen molar-refractivity contribution in [3.8, 4) is 0 Å². The predicted octanol–water partition coefficient (Wildman–Crippen LogP) is 1.66. The Labute approximate surface area is 201 Å². The standard InChI is InChI=1S/C21H32N8O.HI/c1-2-19-26-25-17-29(19)9-8-23-21(24-15-18-6-14-30-16-18)28-12-10-27(11-13-28)20-5-3-4-7-22-20;/h3-5,7,17-18H,2,6,8-16H2,1H3,(H,23,24);1H. The Bertz CT molecular complexity index is 801. The van der Waals surface area contributed by atoms with Gasteiger partial charge in [-0.15, -0.1) is 34.2 Å². The van der Waals surface area contributed by atoms with Gasteiger partial charge in [-0.3, -0.25) is 4.99 Å². The SMILES string of the molecule is CCc1nncn1CCNC(=NCC1CCOC1)N1CCN(c2ccccn2)CC1.I. The Morgan fingerprint density at radius 3 is 2.84 bits per heavy atom. The number of halogens is 1. The molecule has 170 valence electrons. The van der Waals surface area contributed by atoms with Crippen LogP contribution < -0.4 is 10.2 Å². The van der Waals surface area contributed by atoms with Gasteiger partial charge >= 0.3 is 0 Å². The van der Waals surface area contributed by atoms with Crippen LogP contribution in [-0.4, -0.2) is 83.1 Å². The van der Waals surface area contributed by atoms with Gasteiger partial charge in [-0.2, -0.15) is 0 Å². The summed E-state index contributed by atoms with van der Waals surface area (Å²) in [5, 5.41) is 11.8. The Kier molecular flexibility index (Phi) is 9.31. The highest BCUT2D eigenvalue weighted by molar-refractivity contribution is 14.0. The molecular formula is C21H33IN8O. The fourth-order valence-electron chi connectivity index (χ4n) is 3.93. The highest BCUT2D eigenvalue weighted by atomic mass is 127. The van der Waals surface area contributed by atoms with Crippen LogP contribution in [-0.2, 0) is 17.7 Å². The minimum atomic E-state index is 0. The Balaban J connectivity index is 0.00000272. The second kappa shape index (κ2) is 12.2. The third kappa shape index (κ3) is 6.52. The molecular weight excluding hydrogens is 507 g/mol. The minimum absolute atomic E-state index is 0. The Morgan fingerprint density at radius 1 is 1.26 bits per heavy atom. The molecule has 2 fully saturated rings. The largest absolute Gasteiger partial charge is 0.381 e. The van der Waals surface area contributed by atoms with Gasteiger partial charge in [0.05, 0.1) is 6.61 Å². The fraction of sp³-hybridized carbons (Fsp3) is 0.619. The van der Waals surface area contributed by atoms with Gasteiger partial charge in [0.2, 0.25) is 0 Å². The average molecular weight is 540 g/mol. The number of aromatic nitrogens is 4. The third-order valence-corrected chi connectivity index (χ3v) is 5.72. The van der Waals surface area contributed by atoms with Gasteiger partial charge in [-0.25, -0.2) is 4.98 Å². The van der Waals surface area contributed by atoms with Crippen LogP contribution in [0.5, 0.6) is 0 Å². The van der Waals surface area contributed by atoms with Gasteiger partial charge in [-0.05, 0) is 18.6 Å². The molecule has 0 bridgehead atoms. The predicted molar refractivity (Wildman–Crippen MR) is 132 cm³/mol. The topological polar surface area (TPSA) is 83.7 Å². The van der Waals surface area contributed by atoms with E-state index in [1.165, 1.54) is 0 Å². The number of guanidine groups is 1. The second-order valence-corrected chi connectivity index (χ2v) is 7.78. The molecule has 1 N–H and O–H groups in total. The summed E-state index contributed by atoms with van der Waals surface area (Å²) in [6.07, 6.45) is 5.65. The molecule has 0 aliphatic carbocycles. The van der Waals surface area contributed by atoms with Crippen molar-refractivity contribution in [3.05, 3.63) is 36.5 Å². The van der Waals surface area contributed by atoms with E-state index in [0.717, 1.165) is 89.5 Å². The van der Waals surface area contributed by atoms with Crippen molar-refractivity contribution in [1.29, 1.82) is 0 Å². The van der Waals surface area contributed by atoms with Gasteiger partial charge in [-0.1, -0.05) is 13.0 Å². The smallest absolute Gasteiger partial charge is 0.194 e. The van der Waals surface area contributed by atoms with E-state index in [0.29, 0.717) is 5.92 Å². The molecule has 0 aromatic carbocycles. The van der Waals surface area contributed by atoms with Crippen molar-refractivity contribution >= 4 is 35.8 Å². The number of hydrogen-bond acceptors (Lipinski definition) is 6. The van der Waals surface area contributed by atoms with Crippen molar-refractivity contribution in [2.75, 3.05) is 57.4 Å². The summed E-state index contributed by atoms with van der Waals surface area (Å²) in [6.45, 7) is 9.96. The number of rotatable bonds is 7. The number of nitrogens with one attached hydrogen (secondary N) is 1. The maximum atomic E-state index is 5.52. The molecule has 1 unspecified atom stereocenters. The normalized spacial score (nSPS) is 19.4. The van der Waals surface area contributed by atoms with E-state index in [4.69, 9.17) is 9.73 Å². The number of hydrogen-bond donors (Lipinski definition) is 1. The quantitative estimate of drug-likeness (QED) is 0.325. The number of anilines is 1. The first-order valence-electron chi connectivity index (χ1n) is 11.0. The number of nitrogens with zero attached hydrogens (tertiary/aromatic N) is 7. The lowest BCUT2D eigenvalue weighted by Gasteiger charge is -2.37. The van der Waals surface area contributed by atoms with Crippen molar-refractivity contribution < 1.29 is 4.74 Å². The molecule has 2 aromatic heterocycles. The van der Waals surface area contributed by atoms with Crippen LogP contribution in [0.25, 0.3) is 0 Å². The van der Waals surface area contributed by atoms with E-state index in [-0.39, 0.29) is 24.0 Å². The van der Waals surface area contributed by atoms with Crippen LogP contribution in [0.4, 0.5) is 5.82 Å². The third-order valence-electron chi connectivity index (χ3n) is 5.72. The molecule has 1 atom stereocenters. The highest BCUT2D eigenvalue weighted by Gasteiger charge is 2.22. The fourth-order valence-corrected chi connectivity index (χ4v) is 3.93. The van der Waals surface area contributed by atoms with E-state index in [2.05, 4.69) is 47.9 Å². The summed E-state index contributed by atoms with van der Waals surface area (Å²) < 4.78 is 7.63. The number of piperazine rings is 1. The van der Waals surface area contributed by atoms with Crippen LogP contribution in [0.1, 0.15) is 19.2 Å². The Morgan fingerprint density at radius 2 is 2.13 bits per heavy atom. The molecule has 0 amide bonds. The van der Waals surface area contributed by atoms with Crippen LogP contribution >= 0.6 is 24.0 Å². The average Bonchev–Trinajstić information content (AvgIpc) is 3.49. The molecule has 0 radical (unpaired) electrons. The maximum absolute atomic E-state index is 5.52. The van der Waals surface area contributed by atoms with Crippen LogP contribution in [0.15, 0.2) is 35.7 Å². The first kappa shape index (κ1) is 23.7. The van der Waals surface area contributed by atoms with Crippen molar-refractivity contribution in [2.45, 2.75) is 26.3 Å². The van der Waals surface area contributed by atoms with Gasteiger partial charge < -0.3 is 24.4 Å². The van der Waals surface area contributed by atoms with Gasteiger partial charge in [0.1, 0.15) is 18.0 Å². The molecule has 4 heterocycles. The number of ether oxygens (including phenoxy) is 1. The summed E-state index contributed by atoms with van der Waals surface area (Å²) in [4.78, 5) is 14.2. The molecule has 0 saturated carbocycles.